The Morgan fingerprint density at radius 3 is 2.33 bits per heavy atom. The van der Waals surface area contributed by atoms with Crippen molar-refractivity contribution in [2.75, 3.05) is 0 Å². The largest absolute Gasteiger partial charge is 0.573 e. The van der Waals surface area contributed by atoms with E-state index in [1.54, 1.807) is 45.2 Å². The van der Waals surface area contributed by atoms with Crippen molar-refractivity contribution in [1.29, 1.82) is 0 Å². The second-order valence-corrected chi connectivity index (χ2v) is 7.39. The van der Waals surface area contributed by atoms with Crippen molar-refractivity contribution in [1.82, 2.24) is 15.1 Å². The first-order valence-electron chi connectivity index (χ1n) is 9.93. The second kappa shape index (κ2) is 9.35. The van der Waals surface area contributed by atoms with Crippen LogP contribution in [0.25, 0.3) is 0 Å². The Balaban J connectivity index is 1.81. The molecule has 0 aliphatic heterocycles. The summed E-state index contributed by atoms with van der Waals surface area (Å²) in [6, 6.07) is 11.5. The van der Waals surface area contributed by atoms with Gasteiger partial charge in [0.15, 0.2) is 5.78 Å². The number of ether oxygens (including phenoxy) is 2. The van der Waals surface area contributed by atoms with E-state index in [9.17, 15) is 22.8 Å². The lowest BCUT2D eigenvalue weighted by Crippen LogP contribution is -2.27. The van der Waals surface area contributed by atoms with Gasteiger partial charge in [0.1, 0.15) is 17.1 Å². The predicted octanol–water partition coefficient (Wildman–Crippen LogP) is 5.11. The summed E-state index contributed by atoms with van der Waals surface area (Å²) < 4.78 is 48.5. The average Bonchev–Trinajstić information content (AvgIpc) is 2.99. The van der Waals surface area contributed by atoms with E-state index >= 15 is 0 Å². The van der Waals surface area contributed by atoms with Crippen molar-refractivity contribution in [3.05, 3.63) is 70.9 Å². The number of aromatic nitrogens is 2. The molecule has 3 aromatic rings. The number of alkyl halides is 3. The first kappa shape index (κ1) is 23.8. The van der Waals surface area contributed by atoms with Gasteiger partial charge in [-0.15, -0.1) is 13.2 Å². The van der Waals surface area contributed by atoms with Crippen LogP contribution < -0.4 is 14.8 Å². The Morgan fingerprint density at radius 2 is 1.73 bits per heavy atom. The fraction of sp³-hybridized carbons (Fsp3) is 0.261. The zero-order valence-corrected chi connectivity index (χ0v) is 18.4. The summed E-state index contributed by atoms with van der Waals surface area (Å²) in [5.41, 5.74) is 1.88. The Bertz CT molecular complexity index is 1170. The summed E-state index contributed by atoms with van der Waals surface area (Å²) in [4.78, 5) is 24.5. The van der Waals surface area contributed by atoms with Gasteiger partial charge in [0.05, 0.1) is 11.7 Å². The molecule has 3 rings (SSSR count). The lowest BCUT2D eigenvalue weighted by molar-refractivity contribution is -0.274. The van der Waals surface area contributed by atoms with Gasteiger partial charge in [-0.05, 0) is 38.5 Å². The van der Waals surface area contributed by atoms with Gasteiger partial charge in [-0.3, -0.25) is 9.59 Å². The average molecular weight is 461 g/mol. The number of hydrogen-bond acceptors (Lipinski definition) is 5. The van der Waals surface area contributed by atoms with E-state index < -0.39 is 24.1 Å². The van der Waals surface area contributed by atoms with Crippen molar-refractivity contribution < 1.29 is 32.2 Å². The number of nitrogens with zero attached hydrogens (tertiary/aromatic N) is 2. The van der Waals surface area contributed by atoms with Gasteiger partial charge in [0.2, 0.25) is 5.88 Å². The van der Waals surface area contributed by atoms with E-state index in [4.69, 9.17) is 4.74 Å². The molecular formula is C23H22F3N3O4. The van der Waals surface area contributed by atoms with Gasteiger partial charge in [-0.2, -0.15) is 5.10 Å². The van der Waals surface area contributed by atoms with E-state index in [-0.39, 0.29) is 23.0 Å². The molecule has 1 aromatic heterocycles. The Kier molecular flexibility index (Phi) is 6.75. The molecule has 2 aromatic carbocycles. The summed E-state index contributed by atoms with van der Waals surface area (Å²) >= 11 is 0. The molecule has 1 heterocycles. The molecular weight excluding hydrogens is 439 g/mol. The summed E-state index contributed by atoms with van der Waals surface area (Å²) in [5, 5.41) is 7.06. The zero-order chi connectivity index (χ0) is 24.3. The summed E-state index contributed by atoms with van der Waals surface area (Å²) in [7, 11) is 1.55. The lowest BCUT2D eigenvalue weighted by Gasteiger charge is -2.16. The van der Waals surface area contributed by atoms with Crippen molar-refractivity contribution in [3.8, 4) is 17.4 Å². The standard InChI is InChI=1S/C23H22F3N3O4/c1-13(16-8-10-17(11-9-16)15(3)30)27-21(31)20-14(2)28-29(4)22(20)32-18-6-5-7-19(12-18)33-23(24,25)26/h5-13H,1-4H3,(H,27,31)/t13-/m0/s1. The molecule has 0 fully saturated rings. The van der Waals surface area contributed by atoms with Crippen LogP contribution in [0.5, 0.6) is 17.4 Å². The number of aryl methyl sites for hydroxylation is 2. The molecule has 0 bridgehead atoms. The highest BCUT2D eigenvalue weighted by Crippen LogP contribution is 2.31. The van der Waals surface area contributed by atoms with Gasteiger partial charge in [-0.25, -0.2) is 4.68 Å². The van der Waals surface area contributed by atoms with Crippen LogP contribution in [0.3, 0.4) is 0 Å². The number of benzene rings is 2. The minimum atomic E-state index is -4.84. The monoisotopic (exact) mass is 461 g/mol. The molecule has 0 unspecified atom stereocenters. The summed E-state index contributed by atoms with van der Waals surface area (Å²) in [6.45, 7) is 4.87. The van der Waals surface area contributed by atoms with Crippen LogP contribution in [0.2, 0.25) is 0 Å². The first-order chi connectivity index (χ1) is 15.4. The quantitative estimate of drug-likeness (QED) is 0.495. The molecule has 7 nitrogen and oxygen atoms in total. The fourth-order valence-electron chi connectivity index (χ4n) is 3.22. The van der Waals surface area contributed by atoms with Crippen molar-refractivity contribution in [2.24, 2.45) is 7.05 Å². The Labute approximate surface area is 188 Å². The number of carbonyl (C=O) groups is 2. The van der Waals surface area contributed by atoms with Gasteiger partial charge < -0.3 is 14.8 Å². The Morgan fingerprint density at radius 1 is 1.09 bits per heavy atom. The number of rotatable bonds is 7. The maximum Gasteiger partial charge on any atom is 0.573 e. The normalized spacial score (nSPS) is 12.2. The Hall–Kier alpha value is -3.82. The van der Waals surface area contributed by atoms with Crippen molar-refractivity contribution >= 4 is 11.7 Å². The third-order valence-corrected chi connectivity index (χ3v) is 4.82. The van der Waals surface area contributed by atoms with Crippen molar-refractivity contribution in [2.45, 2.75) is 33.2 Å². The third kappa shape index (κ3) is 5.91. The van der Waals surface area contributed by atoms with Crippen molar-refractivity contribution in [3.63, 3.8) is 0 Å². The molecule has 0 aliphatic rings. The summed E-state index contributed by atoms with van der Waals surface area (Å²) in [6.07, 6.45) is -4.84. The van der Waals surface area contributed by atoms with E-state index in [2.05, 4.69) is 15.2 Å². The number of carbonyl (C=O) groups excluding carboxylic acids is 2. The molecule has 10 heteroatoms. The maximum atomic E-state index is 13.0. The number of hydrogen-bond donors (Lipinski definition) is 1. The van der Waals surface area contributed by atoms with Gasteiger partial charge in [0.25, 0.3) is 5.91 Å². The molecule has 33 heavy (non-hydrogen) atoms. The van der Waals surface area contributed by atoms with Crippen LogP contribution in [0.15, 0.2) is 48.5 Å². The molecule has 0 spiro atoms. The fourth-order valence-corrected chi connectivity index (χ4v) is 3.22. The smallest absolute Gasteiger partial charge is 0.438 e. The molecule has 0 radical (unpaired) electrons. The molecule has 1 atom stereocenters. The van der Waals surface area contributed by atoms with E-state index in [1.165, 1.54) is 23.7 Å². The molecule has 174 valence electrons. The molecule has 0 aliphatic carbocycles. The van der Waals surface area contributed by atoms with Crippen LogP contribution in [-0.4, -0.2) is 27.8 Å². The maximum absolute atomic E-state index is 13.0. The number of halogens is 3. The zero-order valence-electron chi connectivity index (χ0n) is 18.4. The molecule has 1 amide bonds. The van der Waals surface area contributed by atoms with Gasteiger partial charge in [-0.1, -0.05) is 30.3 Å². The molecule has 0 saturated carbocycles. The minimum Gasteiger partial charge on any atom is -0.438 e. The van der Waals surface area contributed by atoms with E-state index in [0.717, 1.165) is 17.7 Å². The van der Waals surface area contributed by atoms with Crippen LogP contribution in [0.4, 0.5) is 13.2 Å². The third-order valence-electron chi connectivity index (χ3n) is 4.82. The highest BCUT2D eigenvalue weighted by atomic mass is 19.4. The highest BCUT2D eigenvalue weighted by Gasteiger charge is 2.31. The highest BCUT2D eigenvalue weighted by molar-refractivity contribution is 5.98. The van der Waals surface area contributed by atoms with Crippen LogP contribution in [0.1, 0.15) is 51.9 Å². The number of Topliss-reactive ketones (excluding diaryl/α,β-unsaturated/α-hetero) is 1. The predicted molar refractivity (Wildman–Crippen MR) is 113 cm³/mol. The summed E-state index contributed by atoms with van der Waals surface area (Å²) in [5.74, 6) is -0.875. The number of nitrogens with one attached hydrogen (secondary N) is 1. The first-order valence-corrected chi connectivity index (χ1v) is 9.93. The van der Waals surface area contributed by atoms with Gasteiger partial charge in [0, 0.05) is 18.7 Å². The topological polar surface area (TPSA) is 82.5 Å². The van der Waals surface area contributed by atoms with Crippen LogP contribution in [-0.2, 0) is 7.05 Å². The number of amides is 1. The van der Waals surface area contributed by atoms with Crippen LogP contribution >= 0.6 is 0 Å². The van der Waals surface area contributed by atoms with E-state index in [1.807, 2.05) is 0 Å². The second-order valence-electron chi connectivity index (χ2n) is 7.39. The van der Waals surface area contributed by atoms with Crippen LogP contribution in [0, 0.1) is 6.92 Å². The SMILES string of the molecule is CC(=O)c1ccc([C@H](C)NC(=O)c2c(C)nn(C)c2Oc2cccc(OC(F)(F)F)c2)cc1. The number of ketones is 1. The minimum absolute atomic E-state index is 0.0432. The molecule has 0 saturated heterocycles. The van der Waals surface area contributed by atoms with E-state index in [0.29, 0.717) is 11.3 Å². The van der Waals surface area contributed by atoms with Gasteiger partial charge >= 0.3 is 6.36 Å². The lowest BCUT2D eigenvalue weighted by atomic mass is 10.0. The molecule has 1 N–H and O–H groups in total.